The van der Waals surface area contributed by atoms with Crippen molar-refractivity contribution in [3.05, 3.63) is 23.9 Å². The number of pyridine rings is 1. The van der Waals surface area contributed by atoms with E-state index in [0.29, 0.717) is 5.88 Å². The number of nitrogens with one attached hydrogen (secondary N) is 1. The molecule has 0 aromatic carbocycles. The van der Waals surface area contributed by atoms with E-state index in [9.17, 15) is 0 Å². The largest absolute Gasteiger partial charge is 0.481 e. The van der Waals surface area contributed by atoms with Gasteiger partial charge in [0.15, 0.2) is 0 Å². The number of aromatic nitrogens is 1. The number of hydrogen-bond acceptors (Lipinski definition) is 5. The van der Waals surface area contributed by atoms with Crippen LogP contribution in [0.15, 0.2) is 18.2 Å². The zero-order valence-corrected chi connectivity index (χ0v) is 12.6. The normalized spacial score (nSPS) is 23.8. The van der Waals surface area contributed by atoms with Crippen LogP contribution in [0.3, 0.4) is 0 Å². The minimum Gasteiger partial charge on any atom is -0.481 e. The van der Waals surface area contributed by atoms with Crippen LogP contribution in [0.25, 0.3) is 0 Å². The molecule has 2 unspecified atom stereocenters. The molecule has 1 saturated heterocycles. The van der Waals surface area contributed by atoms with Gasteiger partial charge in [0.05, 0.1) is 31.6 Å². The molecule has 1 fully saturated rings. The quantitative estimate of drug-likeness (QED) is 0.799. The maximum absolute atomic E-state index is 5.95. The van der Waals surface area contributed by atoms with E-state index < -0.39 is 0 Å². The lowest BCUT2D eigenvalue weighted by Gasteiger charge is -2.39. The van der Waals surface area contributed by atoms with E-state index >= 15 is 0 Å². The van der Waals surface area contributed by atoms with Crippen LogP contribution >= 0.6 is 0 Å². The average Bonchev–Trinajstić information content (AvgIpc) is 2.48. The second kappa shape index (κ2) is 7.57. The molecule has 2 rings (SSSR count). The van der Waals surface area contributed by atoms with Gasteiger partial charge in [-0.25, -0.2) is 4.98 Å². The summed E-state index contributed by atoms with van der Waals surface area (Å²) >= 11 is 0. The van der Waals surface area contributed by atoms with Crippen molar-refractivity contribution in [2.45, 2.75) is 25.5 Å². The Hall–Kier alpha value is -1.17. The maximum atomic E-state index is 5.95. The smallest absolute Gasteiger partial charge is 0.213 e. The van der Waals surface area contributed by atoms with Crippen LogP contribution in [0.2, 0.25) is 0 Å². The van der Waals surface area contributed by atoms with Gasteiger partial charge in [-0.2, -0.15) is 0 Å². The summed E-state index contributed by atoms with van der Waals surface area (Å²) in [6, 6.07) is 6.08. The summed E-state index contributed by atoms with van der Waals surface area (Å²) in [5.41, 5.74) is 1.01. The topological polar surface area (TPSA) is 46.6 Å². The Bertz CT molecular complexity index is 414. The van der Waals surface area contributed by atoms with Gasteiger partial charge in [-0.15, -0.1) is 0 Å². The molecule has 0 spiro atoms. The molecule has 2 heterocycles. The van der Waals surface area contributed by atoms with Gasteiger partial charge in [0, 0.05) is 19.2 Å². The molecule has 20 heavy (non-hydrogen) atoms. The number of ether oxygens (including phenoxy) is 2. The van der Waals surface area contributed by atoms with Crippen molar-refractivity contribution < 1.29 is 9.47 Å². The van der Waals surface area contributed by atoms with Crippen LogP contribution in [0.4, 0.5) is 0 Å². The van der Waals surface area contributed by atoms with Gasteiger partial charge in [-0.3, -0.25) is 4.90 Å². The Morgan fingerprint density at radius 1 is 1.50 bits per heavy atom. The zero-order chi connectivity index (χ0) is 14.4. The van der Waals surface area contributed by atoms with E-state index in [0.717, 1.165) is 38.4 Å². The van der Waals surface area contributed by atoms with Crippen LogP contribution in [-0.4, -0.2) is 56.4 Å². The van der Waals surface area contributed by atoms with E-state index in [1.807, 2.05) is 18.2 Å². The molecular formula is C15H25N3O2. The summed E-state index contributed by atoms with van der Waals surface area (Å²) in [6.07, 6.45) is 1.25. The molecule has 0 aliphatic carbocycles. The molecule has 5 nitrogen and oxygen atoms in total. The first-order valence-electron chi connectivity index (χ1n) is 7.29. The standard InChI is InChI=1S/C15H25N3O2/c1-4-8-16-11-13-15(18(2)9-10-20-13)12-6-5-7-14(17-12)19-3/h5-7,13,15-16H,4,8-11H2,1-3H3. The van der Waals surface area contributed by atoms with E-state index in [4.69, 9.17) is 9.47 Å². The summed E-state index contributed by atoms with van der Waals surface area (Å²) in [5, 5.41) is 3.44. The highest BCUT2D eigenvalue weighted by atomic mass is 16.5. The molecule has 1 aliphatic rings. The highest BCUT2D eigenvalue weighted by molar-refractivity contribution is 5.19. The van der Waals surface area contributed by atoms with Gasteiger partial charge in [0.1, 0.15) is 0 Å². The molecular weight excluding hydrogens is 254 g/mol. The molecule has 5 heteroatoms. The van der Waals surface area contributed by atoms with Crippen molar-refractivity contribution in [3.8, 4) is 5.88 Å². The van der Waals surface area contributed by atoms with Crippen LogP contribution in [0.1, 0.15) is 25.1 Å². The van der Waals surface area contributed by atoms with Gasteiger partial charge in [-0.05, 0) is 26.1 Å². The molecule has 0 amide bonds. The first-order chi connectivity index (χ1) is 9.76. The number of morpholine rings is 1. The highest BCUT2D eigenvalue weighted by Crippen LogP contribution is 2.27. The van der Waals surface area contributed by atoms with Crippen molar-refractivity contribution in [1.82, 2.24) is 15.2 Å². The third-order valence-electron chi connectivity index (χ3n) is 3.63. The third-order valence-corrected chi connectivity index (χ3v) is 3.63. The summed E-state index contributed by atoms with van der Waals surface area (Å²) < 4.78 is 11.2. The minimum atomic E-state index is 0.125. The van der Waals surface area contributed by atoms with E-state index in [1.165, 1.54) is 0 Å². The number of rotatable bonds is 6. The molecule has 2 atom stereocenters. The summed E-state index contributed by atoms with van der Waals surface area (Å²) in [4.78, 5) is 6.88. The average molecular weight is 279 g/mol. The molecule has 1 aliphatic heterocycles. The van der Waals surface area contributed by atoms with Gasteiger partial charge in [0.2, 0.25) is 5.88 Å². The molecule has 0 saturated carbocycles. The second-order valence-electron chi connectivity index (χ2n) is 5.14. The van der Waals surface area contributed by atoms with Gasteiger partial charge >= 0.3 is 0 Å². The van der Waals surface area contributed by atoms with Crippen LogP contribution in [0.5, 0.6) is 5.88 Å². The number of nitrogens with zero attached hydrogens (tertiary/aromatic N) is 2. The van der Waals surface area contributed by atoms with Crippen LogP contribution in [-0.2, 0) is 4.74 Å². The van der Waals surface area contributed by atoms with E-state index in [1.54, 1.807) is 7.11 Å². The fourth-order valence-electron chi connectivity index (χ4n) is 2.58. The Balaban J connectivity index is 2.13. The van der Waals surface area contributed by atoms with Crippen molar-refractivity contribution in [2.75, 3.05) is 40.4 Å². The molecule has 0 bridgehead atoms. The lowest BCUT2D eigenvalue weighted by atomic mass is 10.0. The number of hydrogen-bond donors (Lipinski definition) is 1. The summed E-state index contributed by atoms with van der Waals surface area (Å²) in [7, 11) is 3.77. The van der Waals surface area contributed by atoms with Gasteiger partial charge in [0.25, 0.3) is 0 Å². The Labute approximate surface area is 121 Å². The zero-order valence-electron chi connectivity index (χ0n) is 12.6. The molecule has 1 N–H and O–H groups in total. The van der Waals surface area contributed by atoms with E-state index in [2.05, 4.69) is 29.2 Å². The van der Waals surface area contributed by atoms with Crippen LogP contribution < -0.4 is 10.1 Å². The second-order valence-corrected chi connectivity index (χ2v) is 5.14. The monoisotopic (exact) mass is 279 g/mol. The first kappa shape index (κ1) is 15.2. The van der Waals surface area contributed by atoms with Gasteiger partial charge < -0.3 is 14.8 Å². The predicted octanol–water partition coefficient (Wildman–Crippen LogP) is 1.46. The summed E-state index contributed by atoms with van der Waals surface area (Å²) in [5.74, 6) is 0.654. The highest BCUT2D eigenvalue weighted by Gasteiger charge is 2.32. The fraction of sp³-hybridized carbons (Fsp3) is 0.667. The molecule has 1 aromatic heterocycles. The molecule has 0 radical (unpaired) electrons. The predicted molar refractivity (Wildman–Crippen MR) is 79.1 cm³/mol. The Morgan fingerprint density at radius 2 is 2.35 bits per heavy atom. The van der Waals surface area contributed by atoms with Crippen molar-refractivity contribution in [3.63, 3.8) is 0 Å². The molecule has 1 aromatic rings. The Morgan fingerprint density at radius 3 is 3.10 bits per heavy atom. The van der Waals surface area contributed by atoms with Crippen molar-refractivity contribution >= 4 is 0 Å². The lowest BCUT2D eigenvalue weighted by Crippen LogP contribution is -2.47. The third kappa shape index (κ3) is 3.69. The van der Waals surface area contributed by atoms with Crippen molar-refractivity contribution in [2.24, 2.45) is 0 Å². The number of likely N-dealkylation sites (N-methyl/N-ethyl adjacent to an activating group) is 1. The first-order valence-corrected chi connectivity index (χ1v) is 7.29. The summed E-state index contributed by atoms with van der Waals surface area (Å²) in [6.45, 7) is 5.73. The van der Waals surface area contributed by atoms with E-state index in [-0.39, 0.29) is 12.1 Å². The van der Waals surface area contributed by atoms with Crippen molar-refractivity contribution in [1.29, 1.82) is 0 Å². The van der Waals surface area contributed by atoms with Gasteiger partial charge in [-0.1, -0.05) is 13.0 Å². The maximum Gasteiger partial charge on any atom is 0.213 e. The Kier molecular flexibility index (Phi) is 5.76. The van der Waals surface area contributed by atoms with Crippen LogP contribution in [0, 0.1) is 0 Å². The molecule has 112 valence electrons. The SMILES string of the molecule is CCCNCC1OCCN(C)C1c1cccc(OC)n1. The minimum absolute atomic E-state index is 0.125. The lowest BCUT2D eigenvalue weighted by molar-refractivity contribution is -0.0627. The fourth-order valence-corrected chi connectivity index (χ4v) is 2.58. The number of methoxy groups -OCH3 is 1.